The molecule has 1 fully saturated rings. The predicted octanol–water partition coefficient (Wildman–Crippen LogP) is 2.63. The maximum atomic E-state index is 12.7. The maximum absolute atomic E-state index is 12.7. The Hall–Kier alpha value is -3.22. The van der Waals surface area contributed by atoms with Crippen LogP contribution >= 0.6 is 0 Å². The summed E-state index contributed by atoms with van der Waals surface area (Å²) in [7, 11) is 0. The minimum Gasteiger partial charge on any atom is -0.486 e. The third-order valence-corrected chi connectivity index (χ3v) is 5.18. The molecule has 1 atom stereocenters. The molecular weight excluding hydrogens is 346 g/mol. The minimum atomic E-state index is -0.243. The summed E-state index contributed by atoms with van der Waals surface area (Å²) in [5, 5.41) is 5.81. The van der Waals surface area contributed by atoms with Gasteiger partial charge in [0.2, 0.25) is 5.91 Å². The molecule has 0 unspecified atom stereocenters. The number of hydrogen-bond acceptors (Lipinski definition) is 5. The summed E-state index contributed by atoms with van der Waals surface area (Å²) in [5.74, 6) is 1.06. The maximum Gasteiger partial charge on any atom is 0.255 e. The highest BCUT2D eigenvalue weighted by Gasteiger charge is 2.36. The Kier molecular flexibility index (Phi) is 3.67. The van der Waals surface area contributed by atoms with Gasteiger partial charge in [0, 0.05) is 23.9 Å². The van der Waals surface area contributed by atoms with E-state index in [9.17, 15) is 9.59 Å². The lowest BCUT2D eigenvalue weighted by atomic mass is 10.1. The largest absolute Gasteiger partial charge is 0.486 e. The number of nitrogens with zero attached hydrogens (tertiary/aromatic N) is 1. The predicted molar refractivity (Wildman–Crippen MR) is 101 cm³/mol. The summed E-state index contributed by atoms with van der Waals surface area (Å²) in [4.78, 5) is 27.1. The van der Waals surface area contributed by atoms with Crippen LogP contribution in [-0.4, -0.2) is 37.6 Å². The summed E-state index contributed by atoms with van der Waals surface area (Å²) in [6.07, 6.45) is 1.88. The number of fused-ring (bicyclic) bond motifs is 4. The zero-order valence-electron chi connectivity index (χ0n) is 14.7. The number of nitrogens with one attached hydrogen (secondary N) is 2. The van der Waals surface area contributed by atoms with E-state index in [1.807, 2.05) is 6.07 Å². The zero-order chi connectivity index (χ0) is 18.4. The third kappa shape index (κ3) is 2.75. The van der Waals surface area contributed by atoms with Gasteiger partial charge in [-0.15, -0.1) is 0 Å². The number of anilines is 3. The van der Waals surface area contributed by atoms with Crippen LogP contribution < -0.4 is 25.0 Å². The summed E-state index contributed by atoms with van der Waals surface area (Å²) in [6, 6.07) is 10.7. The Labute approximate surface area is 156 Å². The first-order valence-electron chi connectivity index (χ1n) is 9.11. The highest BCUT2D eigenvalue weighted by Crippen LogP contribution is 2.37. The Bertz CT molecular complexity index is 943. The molecule has 2 N–H and O–H groups in total. The van der Waals surface area contributed by atoms with Crippen molar-refractivity contribution >= 4 is 28.9 Å². The monoisotopic (exact) mass is 365 g/mol. The first-order valence-corrected chi connectivity index (χ1v) is 9.11. The Morgan fingerprint density at radius 1 is 1.11 bits per heavy atom. The fraction of sp³-hybridized carbons (Fsp3) is 0.300. The highest BCUT2D eigenvalue weighted by molar-refractivity contribution is 6.09. The zero-order valence-corrected chi connectivity index (χ0v) is 14.7. The number of amides is 2. The van der Waals surface area contributed by atoms with Crippen LogP contribution in [-0.2, 0) is 4.79 Å². The van der Waals surface area contributed by atoms with Gasteiger partial charge in [-0.2, -0.15) is 0 Å². The van der Waals surface area contributed by atoms with Gasteiger partial charge in [0.05, 0.1) is 11.4 Å². The molecule has 0 aromatic heterocycles. The SMILES string of the molecule is O=C(Nc1ccc2c(c1)OCCO2)c1ccc2c(c1)NC(=O)[C@@H]1CCCN21. The van der Waals surface area contributed by atoms with Gasteiger partial charge in [0.25, 0.3) is 5.91 Å². The summed E-state index contributed by atoms with van der Waals surface area (Å²) in [5.41, 5.74) is 2.79. The van der Waals surface area contributed by atoms with Crippen molar-refractivity contribution in [1.29, 1.82) is 0 Å². The second-order valence-electron chi connectivity index (χ2n) is 6.89. The van der Waals surface area contributed by atoms with Crippen molar-refractivity contribution < 1.29 is 19.1 Å². The molecule has 0 saturated carbocycles. The van der Waals surface area contributed by atoms with Crippen LogP contribution in [0.4, 0.5) is 17.1 Å². The van der Waals surface area contributed by atoms with Crippen molar-refractivity contribution in [2.45, 2.75) is 18.9 Å². The van der Waals surface area contributed by atoms with Crippen molar-refractivity contribution in [2.24, 2.45) is 0 Å². The molecule has 7 nitrogen and oxygen atoms in total. The molecule has 0 spiro atoms. The van der Waals surface area contributed by atoms with Gasteiger partial charge in [-0.25, -0.2) is 0 Å². The molecule has 2 amide bonds. The standard InChI is InChI=1S/C20H19N3O4/c24-19(21-13-4-6-17-18(11-13)27-9-8-26-17)12-3-5-15-14(10-12)22-20(25)16-2-1-7-23(15)16/h3-6,10-11,16H,1-2,7-9H2,(H,21,24)(H,22,25)/t16-/m0/s1. The summed E-state index contributed by atoms with van der Waals surface area (Å²) < 4.78 is 11.0. The Morgan fingerprint density at radius 3 is 2.85 bits per heavy atom. The first kappa shape index (κ1) is 16.0. The van der Waals surface area contributed by atoms with E-state index in [1.54, 1.807) is 30.3 Å². The number of ether oxygens (including phenoxy) is 2. The van der Waals surface area contributed by atoms with E-state index in [0.29, 0.717) is 41.7 Å². The molecule has 3 aliphatic rings. The van der Waals surface area contributed by atoms with E-state index in [1.165, 1.54) is 0 Å². The molecule has 138 valence electrons. The lowest BCUT2D eigenvalue weighted by Gasteiger charge is -2.33. The van der Waals surface area contributed by atoms with Crippen molar-refractivity contribution in [3.05, 3.63) is 42.0 Å². The smallest absolute Gasteiger partial charge is 0.255 e. The number of rotatable bonds is 2. The number of carbonyl (C=O) groups is 2. The molecule has 3 aliphatic heterocycles. The van der Waals surface area contributed by atoms with Gasteiger partial charge in [-0.05, 0) is 43.2 Å². The van der Waals surface area contributed by atoms with E-state index in [2.05, 4.69) is 15.5 Å². The molecular formula is C20H19N3O4. The molecule has 5 rings (SSSR count). The molecule has 2 aromatic rings. The average Bonchev–Trinajstić information content (AvgIpc) is 3.18. The van der Waals surface area contributed by atoms with Crippen LogP contribution in [0.2, 0.25) is 0 Å². The van der Waals surface area contributed by atoms with Gasteiger partial charge < -0.3 is 25.0 Å². The lowest BCUT2D eigenvalue weighted by molar-refractivity contribution is -0.117. The Morgan fingerprint density at radius 2 is 1.96 bits per heavy atom. The van der Waals surface area contributed by atoms with Gasteiger partial charge in [-0.1, -0.05) is 0 Å². The highest BCUT2D eigenvalue weighted by atomic mass is 16.6. The fourth-order valence-electron chi connectivity index (χ4n) is 3.90. The number of carbonyl (C=O) groups excluding carboxylic acids is 2. The molecule has 27 heavy (non-hydrogen) atoms. The van der Waals surface area contributed by atoms with Gasteiger partial charge >= 0.3 is 0 Å². The molecule has 2 aromatic carbocycles. The first-order chi connectivity index (χ1) is 13.2. The van der Waals surface area contributed by atoms with Gasteiger partial charge in [0.15, 0.2) is 11.5 Å². The normalized spacial score (nSPS) is 19.8. The van der Waals surface area contributed by atoms with Crippen molar-refractivity contribution in [2.75, 3.05) is 35.3 Å². The van der Waals surface area contributed by atoms with Crippen molar-refractivity contribution in [1.82, 2.24) is 0 Å². The molecule has 7 heteroatoms. The van der Waals surface area contributed by atoms with E-state index >= 15 is 0 Å². The minimum absolute atomic E-state index is 0.00407. The van der Waals surface area contributed by atoms with E-state index in [-0.39, 0.29) is 17.9 Å². The van der Waals surface area contributed by atoms with Crippen LogP contribution in [0.1, 0.15) is 23.2 Å². The average molecular weight is 365 g/mol. The van der Waals surface area contributed by atoms with Crippen LogP contribution in [0, 0.1) is 0 Å². The third-order valence-electron chi connectivity index (χ3n) is 5.18. The van der Waals surface area contributed by atoms with Crippen molar-refractivity contribution in [3.8, 4) is 11.5 Å². The Balaban J connectivity index is 1.38. The van der Waals surface area contributed by atoms with Crippen LogP contribution in [0.5, 0.6) is 11.5 Å². The molecule has 0 bridgehead atoms. The lowest BCUT2D eigenvalue weighted by Crippen LogP contribution is -2.43. The molecule has 0 aliphatic carbocycles. The fourth-order valence-corrected chi connectivity index (χ4v) is 3.90. The van der Waals surface area contributed by atoms with E-state index in [0.717, 1.165) is 25.1 Å². The van der Waals surface area contributed by atoms with Crippen LogP contribution in [0.25, 0.3) is 0 Å². The van der Waals surface area contributed by atoms with Crippen LogP contribution in [0.15, 0.2) is 36.4 Å². The second kappa shape index (κ2) is 6.19. The van der Waals surface area contributed by atoms with E-state index < -0.39 is 0 Å². The quantitative estimate of drug-likeness (QED) is 0.855. The molecule has 3 heterocycles. The van der Waals surface area contributed by atoms with E-state index in [4.69, 9.17) is 9.47 Å². The van der Waals surface area contributed by atoms with Gasteiger partial charge in [-0.3, -0.25) is 9.59 Å². The second-order valence-corrected chi connectivity index (χ2v) is 6.89. The van der Waals surface area contributed by atoms with Crippen LogP contribution in [0.3, 0.4) is 0 Å². The topological polar surface area (TPSA) is 79.9 Å². The molecule has 0 radical (unpaired) electrons. The van der Waals surface area contributed by atoms with Crippen molar-refractivity contribution in [3.63, 3.8) is 0 Å². The summed E-state index contributed by atoms with van der Waals surface area (Å²) >= 11 is 0. The number of hydrogen-bond donors (Lipinski definition) is 2. The molecule has 1 saturated heterocycles. The summed E-state index contributed by atoms with van der Waals surface area (Å²) in [6.45, 7) is 1.89. The van der Waals surface area contributed by atoms with Gasteiger partial charge in [0.1, 0.15) is 19.3 Å². The number of benzene rings is 2.